The molecule has 0 radical (unpaired) electrons. The zero-order chi connectivity index (χ0) is 13.7. The van der Waals surface area contributed by atoms with Crippen molar-refractivity contribution in [3.63, 3.8) is 0 Å². The zero-order valence-electron chi connectivity index (χ0n) is 11.0. The molecule has 1 aliphatic heterocycles. The van der Waals surface area contributed by atoms with Crippen molar-refractivity contribution in [1.82, 2.24) is 9.38 Å². The van der Waals surface area contributed by atoms with Gasteiger partial charge in [-0.3, -0.25) is 9.20 Å². The molecule has 0 aliphatic carbocycles. The van der Waals surface area contributed by atoms with Crippen LogP contribution in [0.25, 0.3) is 4.96 Å². The number of rotatable bonds is 1. The van der Waals surface area contributed by atoms with Gasteiger partial charge < -0.3 is 4.90 Å². The first kappa shape index (κ1) is 11.7. The Hall–Kier alpha value is -2.14. The van der Waals surface area contributed by atoms with Gasteiger partial charge >= 0.3 is 0 Å². The number of nitrogens with zero attached hydrogens (tertiary/aromatic N) is 3. The van der Waals surface area contributed by atoms with E-state index in [0.29, 0.717) is 5.69 Å². The van der Waals surface area contributed by atoms with Crippen LogP contribution in [0.1, 0.15) is 23.0 Å². The predicted molar refractivity (Wildman–Crippen MR) is 79.5 cm³/mol. The van der Waals surface area contributed by atoms with Crippen LogP contribution in [0, 0.1) is 0 Å². The molecule has 1 aromatic carbocycles. The zero-order valence-corrected chi connectivity index (χ0v) is 11.8. The minimum atomic E-state index is -0.0154. The van der Waals surface area contributed by atoms with E-state index < -0.39 is 0 Å². The highest BCUT2D eigenvalue weighted by Gasteiger charge is 2.32. The van der Waals surface area contributed by atoms with Gasteiger partial charge in [0.25, 0.3) is 5.91 Å². The second-order valence-electron chi connectivity index (χ2n) is 5.08. The molecule has 3 heterocycles. The van der Waals surface area contributed by atoms with Crippen molar-refractivity contribution in [1.29, 1.82) is 0 Å². The molecular formula is C15H13N3OS. The molecule has 0 saturated heterocycles. The van der Waals surface area contributed by atoms with Gasteiger partial charge in [0.2, 0.25) is 0 Å². The van der Waals surface area contributed by atoms with Gasteiger partial charge in [0.1, 0.15) is 5.69 Å². The lowest BCUT2D eigenvalue weighted by Crippen LogP contribution is -2.35. The summed E-state index contributed by atoms with van der Waals surface area (Å²) in [5.74, 6) is -0.0154. The van der Waals surface area contributed by atoms with E-state index in [1.54, 1.807) is 0 Å². The minimum Gasteiger partial charge on any atom is -0.304 e. The molecule has 4 rings (SSSR count). The molecule has 0 N–H and O–H groups in total. The molecule has 4 nitrogen and oxygen atoms in total. The third-order valence-corrected chi connectivity index (χ3v) is 4.51. The van der Waals surface area contributed by atoms with Gasteiger partial charge in [-0.05, 0) is 25.0 Å². The van der Waals surface area contributed by atoms with E-state index in [-0.39, 0.29) is 11.9 Å². The number of carbonyl (C=O) groups excluding carboxylic acids is 1. The molecule has 1 amide bonds. The highest BCUT2D eigenvalue weighted by Crippen LogP contribution is 2.33. The summed E-state index contributed by atoms with van der Waals surface area (Å²) >= 11 is 1.54. The minimum absolute atomic E-state index is 0.0154. The van der Waals surface area contributed by atoms with Crippen LogP contribution >= 0.6 is 11.3 Å². The van der Waals surface area contributed by atoms with Crippen molar-refractivity contribution in [3.05, 3.63) is 53.3 Å². The Morgan fingerprint density at radius 3 is 3.10 bits per heavy atom. The van der Waals surface area contributed by atoms with Crippen LogP contribution in [0.5, 0.6) is 0 Å². The van der Waals surface area contributed by atoms with Crippen LogP contribution in [0.3, 0.4) is 0 Å². The monoisotopic (exact) mass is 283 g/mol. The smallest absolute Gasteiger partial charge is 0.278 e. The highest BCUT2D eigenvalue weighted by atomic mass is 32.1. The van der Waals surface area contributed by atoms with Crippen LogP contribution in [-0.4, -0.2) is 21.3 Å². The van der Waals surface area contributed by atoms with Crippen LogP contribution in [0.2, 0.25) is 0 Å². The van der Waals surface area contributed by atoms with Crippen molar-refractivity contribution in [2.24, 2.45) is 0 Å². The van der Waals surface area contributed by atoms with Gasteiger partial charge in [-0.1, -0.05) is 18.2 Å². The molecule has 5 heteroatoms. The van der Waals surface area contributed by atoms with Crippen LogP contribution in [-0.2, 0) is 6.42 Å². The fourth-order valence-electron chi connectivity index (χ4n) is 2.83. The third-order valence-electron chi connectivity index (χ3n) is 3.74. The van der Waals surface area contributed by atoms with Crippen molar-refractivity contribution in [2.45, 2.75) is 19.4 Å². The van der Waals surface area contributed by atoms with Crippen molar-refractivity contribution in [2.75, 3.05) is 4.90 Å². The average Bonchev–Trinajstić information content (AvgIpc) is 3.08. The van der Waals surface area contributed by atoms with E-state index in [1.165, 1.54) is 16.9 Å². The summed E-state index contributed by atoms with van der Waals surface area (Å²) in [6.45, 7) is 2.08. The Kier molecular flexibility index (Phi) is 2.44. The van der Waals surface area contributed by atoms with E-state index >= 15 is 0 Å². The number of hydrogen-bond donors (Lipinski definition) is 0. The van der Waals surface area contributed by atoms with Crippen molar-refractivity contribution < 1.29 is 4.79 Å². The molecule has 0 bridgehead atoms. The Balaban J connectivity index is 1.77. The van der Waals surface area contributed by atoms with Gasteiger partial charge in [0.05, 0.1) is 0 Å². The first-order valence-electron chi connectivity index (χ1n) is 6.58. The molecule has 0 spiro atoms. The topological polar surface area (TPSA) is 37.6 Å². The van der Waals surface area contributed by atoms with Crippen LogP contribution < -0.4 is 4.90 Å². The lowest BCUT2D eigenvalue weighted by atomic mass is 10.1. The summed E-state index contributed by atoms with van der Waals surface area (Å²) in [7, 11) is 0. The summed E-state index contributed by atoms with van der Waals surface area (Å²) in [4.78, 5) is 19.9. The Labute approximate surface area is 120 Å². The summed E-state index contributed by atoms with van der Waals surface area (Å²) in [5, 5.41) is 1.96. The Morgan fingerprint density at radius 2 is 2.25 bits per heavy atom. The molecule has 20 heavy (non-hydrogen) atoms. The Morgan fingerprint density at radius 1 is 1.40 bits per heavy atom. The number of aromatic nitrogens is 2. The van der Waals surface area contributed by atoms with E-state index in [9.17, 15) is 4.79 Å². The Bertz CT molecular complexity index is 776. The molecule has 1 atom stereocenters. The first-order valence-corrected chi connectivity index (χ1v) is 7.45. The molecule has 2 aromatic heterocycles. The number of benzene rings is 1. The molecular weight excluding hydrogens is 270 g/mol. The second-order valence-corrected chi connectivity index (χ2v) is 5.95. The number of fused-ring (bicyclic) bond motifs is 2. The van der Waals surface area contributed by atoms with Crippen molar-refractivity contribution >= 4 is 27.9 Å². The summed E-state index contributed by atoms with van der Waals surface area (Å²) < 4.78 is 1.89. The third kappa shape index (κ3) is 1.59. The SMILES string of the molecule is CC1Cc2ccccc2N1C(=O)c1cn2ccsc2n1. The number of carbonyl (C=O) groups is 1. The maximum atomic E-state index is 12.7. The normalized spacial score (nSPS) is 17.6. The number of anilines is 1. The van der Waals surface area contributed by atoms with E-state index in [0.717, 1.165) is 17.1 Å². The lowest BCUT2D eigenvalue weighted by molar-refractivity contribution is 0.0977. The first-order chi connectivity index (χ1) is 9.74. The van der Waals surface area contributed by atoms with Crippen LogP contribution in [0.4, 0.5) is 5.69 Å². The van der Waals surface area contributed by atoms with Gasteiger partial charge in [-0.15, -0.1) is 11.3 Å². The average molecular weight is 283 g/mol. The van der Waals surface area contributed by atoms with Gasteiger partial charge in [-0.25, -0.2) is 4.98 Å². The maximum absolute atomic E-state index is 12.7. The quantitative estimate of drug-likeness (QED) is 0.688. The fourth-order valence-corrected chi connectivity index (χ4v) is 3.53. The number of para-hydroxylation sites is 1. The number of hydrogen-bond acceptors (Lipinski definition) is 3. The predicted octanol–water partition coefficient (Wildman–Crippen LogP) is 2.99. The summed E-state index contributed by atoms with van der Waals surface area (Å²) in [6.07, 6.45) is 4.64. The number of thiazole rings is 1. The second kappa shape index (κ2) is 4.18. The molecule has 1 aliphatic rings. The molecule has 3 aromatic rings. The summed E-state index contributed by atoms with van der Waals surface area (Å²) in [6, 6.07) is 8.27. The van der Waals surface area contributed by atoms with Gasteiger partial charge in [0.15, 0.2) is 4.96 Å². The van der Waals surface area contributed by atoms with Crippen molar-refractivity contribution in [3.8, 4) is 0 Å². The van der Waals surface area contributed by atoms with E-state index in [2.05, 4.69) is 18.0 Å². The van der Waals surface area contributed by atoms with Crippen LogP contribution in [0.15, 0.2) is 42.0 Å². The van der Waals surface area contributed by atoms with E-state index in [1.807, 2.05) is 45.3 Å². The largest absolute Gasteiger partial charge is 0.304 e. The van der Waals surface area contributed by atoms with E-state index in [4.69, 9.17) is 0 Å². The van der Waals surface area contributed by atoms with Gasteiger partial charge in [-0.2, -0.15) is 0 Å². The van der Waals surface area contributed by atoms with Gasteiger partial charge in [0, 0.05) is 29.5 Å². The lowest BCUT2D eigenvalue weighted by Gasteiger charge is -2.21. The number of imidazole rings is 1. The fraction of sp³-hybridized carbons (Fsp3) is 0.200. The number of amides is 1. The molecule has 0 fully saturated rings. The highest BCUT2D eigenvalue weighted by molar-refractivity contribution is 7.15. The maximum Gasteiger partial charge on any atom is 0.278 e. The molecule has 100 valence electrons. The molecule has 1 unspecified atom stereocenters. The molecule has 0 saturated carbocycles. The summed E-state index contributed by atoms with van der Waals surface area (Å²) in [5.41, 5.74) is 2.76. The standard InChI is InChI=1S/C15H13N3OS/c1-10-8-11-4-2-3-5-13(11)18(10)14(19)12-9-17-6-7-20-15(17)16-12/h2-7,9-10H,8H2,1H3.